The van der Waals surface area contributed by atoms with Gasteiger partial charge in [0.2, 0.25) is 10.0 Å². The standard InChI is InChI=1S/C32H30ClN5O2S/c33-23-5-9-26(10-6-23)41(39,40)38(24-7-8-24)25-12-14-37(15-13-25)20-22-2-1-3-30-28(22)17-32(36-30)29-19-35-31-16-21(18-34)4-11-27(29)31/h1-6,9-11,16-17,19,24-25,35-36H,7-8,12-15,20H2. The second-order valence-electron chi connectivity index (χ2n) is 11.2. The summed E-state index contributed by atoms with van der Waals surface area (Å²) >= 11 is 6.02. The molecule has 3 heterocycles. The van der Waals surface area contributed by atoms with Crippen molar-refractivity contribution in [3.05, 3.63) is 89.1 Å². The lowest BCUT2D eigenvalue weighted by Gasteiger charge is -2.38. The summed E-state index contributed by atoms with van der Waals surface area (Å²) in [6.07, 6.45) is 5.49. The summed E-state index contributed by atoms with van der Waals surface area (Å²) in [5.41, 5.74) is 6.03. The van der Waals surface area contributed by atoms with Gasteiger partial charge in [0, 0.05) is 76.0 Å². The number of aromatic amines is 2. The van der Waals surface area contributed by atoms with Crippen LogP contribution in [0.15, 0.2) is 77.8 Å². The fraction of sp³-hybridized carbons (Fsp3) is 0.281. The zero-order chi connectivity index (χ0) is 28.1. The third-order valence-electron chi connectivity index (χ3n) is 8.46. The number of nitrogens with one attached hydrogen (secondary N) is 2. The van der Waals surface area contributed by atoms with Crippen molar-refractivity contribution in [2.45, 2.75) is 49.2 Å². The number of hydrogen-bond donors (Lipinski definition) is 2. The van der Waals surface area contributed by atoms with E-state index in [1.165, 1.54) is 10.9 Å². The van der Waals surface area contributed by atoms with E-state index in [9.17, 15) is 13.7 Å². The van der Waals surface area contributed by atoms with Crippen LogP contribution in [-0.2, 0) is 16.6 Å². The molecule has 3 aromatic carbocycles. The largest absolute Gasteiger partial charge is 0.360 e. The predicted molar refractivity (Wildman–Crippen MR) is 162 cm³/mol. The van der Waals surface area contributed by atoms with E-state index in [-0.39, 0.29) is 12.1 Å². The summed E-state index contributed by atoms with van der Waals surface area (Å²) < 4.78 is 29.0. The molecule has 41 heavy (non-hydrogen) atoms. The van der Waals surface area contributed by atoms with E-state index in [0.29, 0.717) is 15.5 Å². The van der Waals surface area contributed by atoms with E-state index >= 15 is 0 Å². The Hall–Kier alpha value is -3.61. The molecule has 0 radical (unpaired) electrons. The van der Waals surface area contributed by atoms with Crippen molar-refractivity contribution in [1.29, 1.82) is 5.26 Å². The highest BCUT2D eigenvalue weighted by atomic mass is 35.5. The minimum Gasteiger partial charge on any atom is -0.360 e. The van der Waals surface area contributed by atoms with E-state index in [1.807, 2.05) is 24.4 Å². The number of likely N-dealkylation sites (tertiary alicyclic amines) is 1. The van der Waals surface area contributed by atoms with Gasteiger partial charge in [0.05, 0.1) is 16.5 Å². The molecule has 0 bridgehead atoms. The maximum Gasteiger partial charge on any atom is 0.243 e. The van der Waals surface area contributed by atoms with Crippen LogP contribution in [0.5, 0.6) is 0 Å². The molecular formula is C32H30ClN5O2S. The molecule has 7 nitrogen and oxygen atoms in total. The first-order valence-corrected chi connectivity index (χ1v) is 15.9. The normalized spacial score (nSPS) is 17.0. The number of hydrogen-bond acceptors (Lipinski definition) is 4. The molecule has 0 amide bonds. The lowest BCUT2D eigenvalue weighted by molar-refractivity contribution is 0.150. The molecule has 2 aromatic heterocycles. The van der Waals surface area contributed by atoms with Crippen LogP contribution in [0.25, 0.3) is 33.1 Å². The highest BCUT2D eigenvalue weighted by molar-refractivity contribution is 7.89. The van der Waals surface area contributed by atoms with Gasteiger partial charge in [-0.2, -0.15) is 9.57 Å². The monoisotopic (exact) mass is 583 g/mol. The molecule has 1 saturated carbocycles. The lowest BCUT2D eigenvalue weighted by atomic mass is 10.0. The van der Waals surface area contributed by atoms with E-state index in [1.54, 1.807) is 28.6 Å². The van der Waals surface area contributed by atoms with Crippen LogP contribution in [0, 0.1) is 11.3 Å². The molecule has 1 saturated heterocycles. The number of benzene rings is 3. The van der Waals surface area contributed by atoms with Gasteiger partial charge >= 0.3 is 0 Å². The van der Waals surface area contributed by atoms with Crippen LogP contribution in [0.2, 0.25) is 5.02 Å². The molecule has 208 valence electrons. The zero-order valence-electron chi connectivity index (χ0n) is 22.5. The van der Waals surface area contributed by atoms with Gasteiger partial charge < -0.3 is 9.97 Å². The van der Waals surface area contributed by atoms with Crippen LogP contribution in [0.3, 0.4) is 0 Å². The maximum atomic E-state index is 13.6. The zero-order valence-corrected chi connectivity index (χ0v) is 24.0. The van der Waals surface area contributed by atoms with Gasteiger partial charge in [-0.25, -0.2) is 8.42 Å². The Morgan fingerprint density at radius 3 is 2.41 bits per heavy atom. The van der Waals surface area contributed by atoms with Crippen LogP contribution in [0.1, 0.15) is 36.8 Å². The number of H-pyrrole nitrogens is 2. The summed E-state index contributed by atoms with van der Waals surface area (Å²) in [6.45, 7) is 2.51. The molecule has 9 heteroatoms. The molecule has 1 aliphatic heterocycles. The highest BCUT2D eigenvalue weighted by Crippen LogP contribution is 2.38. The first-order chi connectivity index (χ1) is 19.9. The Kier molecular flexibility index (Phi) is 6.63. The molecule has 5 aromatic rings. The highest BCUT2D eigenvalue weighted by Gasteiger charge is 2.43. The van der Waals surface area contributed by atoms with Crippen LogP contribution < -0.4 is 0 Å². The van der Waals surface area contributed by atoms with Gasteiger partial charge in [-0.15, -0.1) is 0 Å². The minimum atomic E-state index is -3.56. The fourth-order valence-electron chi connectivity index (χ4n) is 6.24. The first-order valence-electron chi connectivity index (χ1n) is 14.0. The van der Waals surface area contributed by atoms with Crippen LogP contribution >= 0.6 is 11.6 Å². The molecule has 0 atom stereocenters. The van der Waals surface area contributed by atoms with Crippen molar-refractivity contribution in [1.82, 2.24) is 19.2 Å². The van der Waals surface area contributed by atoms with E-state index < -0.39 is 10.0 Å². The van der Waals surface area contributed by atoms with Gasteiger partial charge in [-0.05, 0) is 79.8 Å². The number of fused-ring (bicyclic) bond motifs is 2. The topological polar surface area (TPSA) is 96.0 Å². The quantitative estimate of drug-likeness (QED) is 0.224. The van der Waals surface area contributed by atoms with Gasteiger partial charge in [-0.3, -0.25) is 4.90 Å². The number of nitriles is 1. The summed E-state index contributed by atoms with van der Waals surface area (Å²) in [4.78, 5) is 9.65. The number of sulfonamides is 1. The van der Waals surface area contributed by atoms with Gasteiger partial charge in [-0.1, -0.05) is 29.8 Å². The summed E-state index contributed by atoms with van der Waals surface area (Å²) in [5.74, 6) is 0. The Morgan fingerprint density at radius 2 is 1.68 bits per heavy atom. The SMILES string of the molecule is N#Cc1ccc2c(-c3cc4c(CN5CCC(N(C6CC6)S(=O)(=O)c6ccc(Cl)cc6)CC5)cccc4[nH]3)c[nH]c2c1. The molecule has 0 unspecified atom stereocenters. The number of rotatable bonds is 7. The van der Waals surface area contributed by atoms with Gasteiger partial charge in [0.25, 0.3) is 0 Å². The lowest BCUT2D eigenvalue weighted by Crippen LogP contribution is -2.48. The molecule has 2 aliphatic rings. The Morgan fingerprint density at radius 1 is 0.927 bits per heavy atom. The molecule has 7 rings (SSSR count). The predicted octanol–water partition coefficient (Wildman–Crippen LogP) is 6.66. The second kappa shape index (κ2) is 10.3. The van der Waals surface area contributed by atoms with Crippen molar-refractivity contribution in [2.24, 2.45) is 0 Å². The molecule has 1 aliphatic carbocycles. The van der Waals surface area contributed by atoms with Gasteiger partial charge in [0.15, 0.2) is 0 Å². The molecule has 0 spiro atoms. The number of aromatic nitrogens is 2. The fourth-order valence-corrected chi connectivity index (χ4v) is 8.30. The first kappa shape index (κ1) is 26.3. The van der Waals surface area contributed by atoms with E-state index in [2.05, 4.69) is 45.2 Å². The van der Waals surface area contributed by atoms with Crippen molar-refractivity contribution in [3.63, 3.8) is 0 Å². The van der Waals surface area contributed by atoms with Crippen LogP contribution in [-0.4, -0.2) is 52.8 Å². The van der Waals surface area contributed by atoms with Crippen LogP contribution in [0.4, 0.5) is 0 Å². The molecule has 2 N–H and O–H groups in total. The number of piperidine rings is 1. The minimum absolute atomic E-state index is 0.0116. The average molecular weight is 584 g/mol. The van der Waals surface area contributed by atoms with Crippen molar-refractivity contribution >= 4 is 43.4 Å². The van der Waals surface area contributed by atoms with Crippen molar-refractivity contribution < 1.29 is 8.42 Å². The summed E-state index contributed by atoms with van der Waals surface area (Å²) in [7, 11) is -3.56. The molecular weight excluding hydrogens is 554 g/mol. The Balaban J connectivity index is 1.09. The molecule has 2 fully saturated rings. The van der Waals surface area contributed by atoms with E-state index in [4.69, 9.17) is 11.6 Å². The van der Waals surface area contributed by atoms with Gasteiger partial charge in [0.1, 0.15) is 0 Å². The van der Waals surface area contributed by atoms with Crippen molar-refractivity contribution in [3.8, 4) is 17.3 Å². The second-order valence-corrected chi connectivity index (χ2v) is 13.4. The average Bonchev–Trinajstić information content (AvgIpc) is 3.55. The Bertz CT molecular complexity index is 1890. The maximum absolute atomic E-state index is 13.6. The third kappa shape index (κ3) is 4.93. The third-order valence-corrected chi connectivity index (χ3v) is 10.7. The smallest absolute Gasteiger partial charge is 0.243 e. The number of nitrogens with zero attached hydrogens (tertiary/aromatic N) is 3. The van der Waals surface area contributed by atoms with E-state index in [0.717, 1.165) is 73.0 Å². The summed E-state index contributed by atoms with van der Waals surface area (Å²) in [5, 5.41) is 12.0. The summed E-state index contributed by atoms with van der Waals surface area (Å²) in [6, 6.07) is 23.2. The Labute approximate surface area is 244 Å². The van der Waals surface area contributed by atoms with Crippen molar-refractivity contribution in [2.75, 3.05) is 13.1 Å². The number of halogens is 1.